The zero-order valence-corrected chi connectivity index (χ0v) is 30.8. The molecule has 11 heteroatoms. The number of carbonyl (C=O) groups is 1. The molecule has 0 aliphatic heterocycles. The molecule has 0 saturated carbocycles. The number of aliphatic hydroxyl groups is 1. The highest BCUT2D eigenvalue weighted by atomic mass is 35.5. The number of aliphatic hydroxyl groups excluding tert-OH is 1. The summed E-state index contributed by atoms with van der Waals surface area (Å²) in [5.41, 5.74) is 2.73. The number of hydrogen-bond acceptors (Lipinski definition) is 7. The number of benzene rings is 3. The minimum Gasteiger partial charge on any atom is -0.457 e. The predicted molar refractivity (Wildman–Crippen MR) is 198 cm³/mol. The van der Waals surface area contributed by atoms with Crippen molar-refractivity contribution in [3.8, 4) is 34.1 Å². The first-order chi connectivity index (χ1) is 25.1. The SMILES string of the molecule is CCCCCCCCCCCCCCCCOC(=O)Oc1c(-c2ccc(Oc3ccc(OC(F)(F)F)cc3)cc2)c(C)nc2cc(CO)c(Cl)cc12. The number of alkyl halides is 3. The van der Waals surface area contributed by atoms with E-state index in [1.807, 2.05) is 0 Å². The van der Waals surface area contributed by atoms with E-state index in [-0.39, 0.29) is 24.7 Å². The Morgan fingerprint density at radius 1 is 0.769 bits per heavy atom. The molecule has 0 saturated heterocycles. The van der Waals surface area contributed by atoms with Crippen LogP contribution in [0.1, 0.15) is 108 Å². The molecule has 4 aromatic rings. The van der Waals surface area contributed by atoms with Gasteiger partial charge in [-0.3, -0.25) is 4.98 Å². The Bertz CT molecular complexity index is 1700. The topological polar surface area (TPSA) is 87.1 Å². The van der Waals surface area contributed by atoms with Gasteiger partial charge in [0.15, 0.2) is 5.75 Å². The van der Waals surface area contributed by atoms with Crippen LogP contribution in [0.5, 0.6) is 23.0 Å². The van der Waals surface area contributed by atoms with Gasteiger partial charge in [0.05, 0.1) is 18.7 Å². The van der Waals surface area contributed by atoms with Crippen molar-refractivity contribution in [2.24, 2.45) is 0 Å². The van der Waals surface area contributed by atoms with Crippen molar-refractivity contribution < 1.29 is 42.0 Å². The first-order valence-corrected chi connectivity index (χ1v) is 18.7. The molecule has 3 aromatic carbocycles. The fourth-order valence-electron chi connectivity index (χ4n) is 6.08. The highest BCUT2D eigenvalue weighted by Gasteiger charge is 2.31. The number of hydrogen-bond donors (Lipinski definition) is 1. The van der Waals surface area contributed by atoms with Crippen LogP contribution in [0.15, 0.2) is 60.7 Å². The van der Waals surface area contributed by atoms with Gasteiger partial charge in [-0.25, -0.2) is 4.79 Å². The molecule has 0 fully saturated rings. The third-order valence-corrected chi connectivity index (χ3v) is 9.15. The smallest absolute Gasteiger partial charge is 0.457 e. The average molecular weight is 744 g/mol. The van der Waals surface area contributed by atoms with Gasteiger partial charge >= 0.3 is 12.5 Å². The zero-order chi connectivity index (χ0) is 37.3. The quantitative estimate of drug-likeness (QED) is 0.0671. The zero-order valence-electron chi connectivity index (χ0n) is 30.0. The van der Waals surface area contributed by atoms with Gasteiger partial charge in [-0.15, -0.1) is 13.2 Å². The number of nitrogens with zero attached hydrogens (tertiary/aromatic N) is 1. The van der Waals surface area contributed by atoms with E-state index in [0.717, 1.165) is 31.4 Å². The third kappa shape index (κ3) is 13.2. The van der Waals surface area contributed by atoms with Crippen molar-refractivity contribution in [1.29, 1.82) is 0 Å². The first-order valence-electron chi connectivity index (χ1n) is 18.3. The van der Waals surface area contributed by atoms with E-state index in [9.17, 15) is 23.1 Å². The van der Waals surface area contributed by atoms with Crippen LogP contribution < -0.4 is 14.2 Å². The number of halogens is 4. The summed E-state index contributed by atoms with van der Waals surface area (Å²) in [6.45, 7) is 3.98. The van der Waals surface area contributed by atoms with Crippen LogP contribution in [0.25, 0.3) is 22.0 Å². The molecule has 52 heavy (non-hydrogen) atoms. The first kappa shape index (κ1) is 40.7. The van der Waals surface area contributed by atoms with Crippen molar-refractivity contribution in [2.75, 3.05) is 6.61 Å². The molecule has 0 aliphatic rings. The number of rotatable bonds is 21. The Morgan fingerprint density at radius 2 is 1.29 bits per heavy atom. The second-order valence-electron chi connectivity index (χ2n) is 13.0. The summed E-state index contributed by atoms with van der Waals surface area (Å²) in [6, 6.07) is 15.2. The fourth-order valence-corrected chi connectivity index (χ4v) is 6.31. The summed E-state index contributed by atoms with van der Waals surface area (Å²) >= 11 is 6.46. The molecule has 0 amide bonds. The van der Waals surface area contributed by atoms with Crippen LogP contribution in [0.3, 0.4) is 0 Å². The molecule has 0 aliphatic carbocycles. The van der Waals surface area contributed by atoms with Gasteiger partial charge < -0.3 is 24.1 Å². The van der Waals surface area contributed by atoms with Gasteiger partial charge in [0, 0.05) is 21.7 Å². The van der Waals surface area contributed by atoms with Crippen molar-refractivity contribution in [3.63, 3.8) is 0 Å². The van der Waals surface area contributed by atoms with Gasteiger partial charge in [-0.1, -0.05) is 114 Å². The van der Waals surface area contributed by atoms with Gasteiger partial charge in [-0.2, -0.15) is 0 Å². The molecular formula is C41H49ClF3NO6. The summed E-state index contributed by atoms with van der Waals surface area (Å²) in [4.78, 5) is 17.7. The highest BCUT2D eigenvalue weighted by Crippen LogP contribution is 2.41. The molecule has 282 valence electrons. The Balaban J connectivity index is 1.34. The molecule has 0 atom stereocenters. The van der Waals surface area contributed by atoms with Gasteiger partial charge in [0.2, 0.25) is 0 Å². The molecule has 0 bridgehead atoms. The molecule has 0 radical (unpaired) electrons. The lowest BCUT2D eigenvalue weighted by Gasteiger charge is -2.17. The molecule has 1 N–H and O–H groups in total. The second kappa shape index (κ2) is 20.9. The number of aryl methyl sites for hydroxylation is 1. The lowest BCUT2D eigenvalue weighted by atomic mass is 9.99. The molecule has 4 rings (SSSR count). The van der Waals surface area contributed by atoms with E-state index in [4.69, 9.17) is 30.8 Å². The average Bonchev–Trinajstić information content (AvgIpc) is 3.11. The lowest BCUT2D eigenvalue weighted by Crippen LogP contribution is -2.16. The molecule has 1 heterocycles. The van der Waals surface area contributed by atoms with Gasteiger partial charge in [0.25, 0.3) is 0 Å². The van der Waals surface area contributed by atoms with E-state index in [0.29, 0.717) is 49.8 Å². The lowest BCUT2D eigenvalue weighted by molar-refractivity contribution is -0.274. The van der Waals surface area contributed by atoms with E-state index in [1.165, 1.54) is 82.8 Å². The maximum atomic E-state index is 13.0. The number of fused-ring (bicyclic) bond motifs is 1. The fraction of sp³-hybridized carbons (Fsp3) is 0.463. The summed E-state index contributed by atoms with van der Waals surface area (Å²) in [5, 5.41) is 10.5. The second-order valence-corrected chi connectivity index (χ2v) is 13.4. The number of carbonyl (C=O) groups excluding carboxylic acids is 1. The van der Waals surface area contributed by atoms with E-state index in [2.05, 4.69) is 11.7 Å². The molecule has 7 nitrogen and oxygen atoms in total. The maximum Gasteiger partial charge on any atom is 0.573 e. The van der Waals surface area contributed by atoms with E-state index >= 15 is 0 Å². The Morgan fingerprint density at radius 3 is 1.83 bits per heavy atom. The Hall–Kier alpha value is -4.02. The summed E-state index contributed by atoms with van der Waals surface area (Å²) < 4.78 is 58.6. The van der Waals surface area contributed by atoms with Crippen LogP contribution in [0.2, 0.25) is 5.02 Å². The normalized spacial score (nSPS) is 11.5. The highest BCUT2D eigenvalue weighted by molar-refractivity contribution is 6.32. The number of pyridine rings is 1. The van der Waals surface area contributed by atoms with E-state index < -0.39 is 12.5 Å². The third-order valence-electron chi connectivity index (χ3n) is 8.80. The van der Waals surface area contributed by atoms with Gasteiger partial charge in [0.1, 0.15) is 17.2 Å². The standard InChI is InChI=1S/C41H49ClF3NO6/c1-3-4-5-6-7-8-9-10-11-12-13-14-15-16-25-49-40(48)51-39-35-27-36(42)31(28-47)26-37(35)46-29(2)38(39)30-17-19-32(20-18-30)50-33-21-23-34(24-22-33)52-41(43,44)45/h17-24,26-27,47H,3-16,25,28H2,1-2H3. The Labute approximate surface area is 309 Å². The maximum absolute atomic E-state index is 13.0. The van der Waals surface area contributed by atoms with Crippen LogP contribution in [-0.2, 0) is 11.3 Å². The van der Waals surface area contributed by atoms with Crippen LogP contribution in [0.4, 0.5) is 18.0 Å². The van der Waals surface area contributed by atoms with Crippen molar-refractivity contribution in [2.45, 2.75) is 117 Å². The van der Waals surface area contributed by atoms with Crippen LogP contribution in [-0.4, -0.2) is 29.2 Å². The summed E-state index contributed by atoms with van der Waals surface area (Å²) in [5.74, 6) is 0.594. The van der Waals surface area contributed by atoms with Crippen molar-refractivity contribution in [1.82, 2.24) is 4.98 Å². The number of ether oxygens (including phenoxy) is 4. The minimum absolute atomic E-state index is 0.216. The van der Waals surface area contributed by atoms with E-state index in [1.54, 1.807) is 43.3 Å². The summed E-state index contributed by atoms with van der Waals surface area (Å²) in [6.07, 6.45) is 11.6. The predicted octanol–water partition coefficient (Wildman–Crippen LogP) is 13.0. The molecule has 0 spiro atoms. The molecule has 0 unspecified atom stereocenters. The Kier molecular flexibility index (Phi) is 16.4. The number of aromatic nitrogens is 1. The largest absolute Gasteiger partial charge is 0.573 e. The van der Waals surface area contributed by atoms with Gasteiger partial charge in [-0.05, 0) is 73.0 Å². The molecule has 1 aromatic heterocycles. The van der Waals surface area contributed by atoms with Crippen molar-refractivity contribution >= 4 is 28.7 Å². The summed E-state index contributed by atoms with van der Waals surface area (Å²) in [7, 11) is 0. The van der Waals surface area contributed by atoms with Crippen LogP contribution >= 0.6 is 11.6 Å². The van der Waals surface area contributed by atoms with Crippen LogP contribution in [0, 0.1) is 6.92 Å². The molecular weight excluding hydrogens is 695 g/mol. The number of unbranched alkanes of at least 4 members (excludes halogenated alkanes) is 13. The monoisotopic (exact) mass is 743 g/mol. The van der Waals surface area contributed by atoms with Crippen molar-refractivity contribution in [3.05, 3.63) is 76.9 Å². The minimum atomic E-state index is -4.79.